The Labute approximate surface area is 113 Å². The molecule has 0 aliphatic rings. The van der Waals surface area contributed by atoms with Crippen molar-refractivity contribution in [2.24, 2.45) is 0 Å². The predicted octanol–water partition coefficient (Wildman–Crippen LogP) is 2.63. The average Bonchev–Trinajstić information content (AvgIpc) is 2.41. The van der Waals surface area contributed by atoms with Gasteiger partial charge in [0.25, 0.3) is 0 Å². The van der Waals surface area contributed by atoms with Gasteiger partial charge in [0, 0.05) is 6.07 Å². The van der Waals surface area contributed by atoms with Gasteiger partial charge in [0.05, 0.1) is 12.7 Å². The van der Waals surface area contributed by atoms with Crippen molar-refractivity contribution in [2.75, 3.05) is 7.11 Å². The van der Waals surface area contributed by atoms with E-state index in [-0.39, 0.29) is 22.3 Å². The van der Waals surface area contributed by atoms with Crippen LogP contribution >= 0.6 is 11.6 Å². The van der Waals surface area contributed by atoms with E-state index in [2.05, 4.69) is 10.2 Å². The fourth-order valence-corrected chi connectivity index (χ4v) is 1.46. The number of carboxylic acid groups (broad SMARTS) is 1. The summed E-state index contributed by atoms with van der Waals surface area (Å²) in [6.07, 6.45) is 0. The van der Waals surface area contributed by atoms with Gasteiger partial charge in [-0.15, -0.1) is 10.2 Å². The summed E-state index contributed by atoms with van der Waals surface area (Å²) in [6.45, 7) is 0. The van der Waals surface area contributed by atoms with Crippen LogP contribution in [0.4, 0.5) is 0 Å². The van der Waals surface area contributed by atoms with E-state index in [1.165, 1.54) is 37.4 Å². The fourth-order valence-electron chi connectivity index (χ4n) is 1.36. The lowest BCUT2D eigenvalue weighted by Crippen LogP contribution is -1.99. The Morgan fingerprint density at radius 1 is 1.21 bits per heavy atom. The van der Waals surface area contributed by atoms with Crippen LogP contribution < -0.4 is 9.47 Å². The second kappa shape index (κ2) is 5.53. The predicted molar refractivity (Wildman–Crippen MR) is 67.1 cm³/mol. The molecule has 0 saturated carbocycles. The largest absolute Gasteiger partial charge is 0.493 e. The lowest BCUT2D eigenvalue weighted by atomic mass is 10.2. The number of carbonyl (C=O) groups is 1. The van der Waals surface area contributed by atoms with Crippen LogP contribution in [0.2, 0.25) is 5.15 Å². The first-order chi connectivity index (χ1) is 9.10. The van der Waals surface area contributed by atoms with Crippen LogP contribution in [0.25, 0.3) is 0 Å². The molecule has 0 fully saturated rings. The van der Waals surface area contributed by atoms with Gasteiger partial charge >= 0.3 is 5.97 Å². The summed E-state index contributed by atoms with van der Waals surface area (Å²) in [5.74, 6) is -0.249. The minimum absolute atomic E-state index is 0.0812. The van der Waals surface area contributed by atoms with Crippen molar-refractivity contribution in [2.45, 2.75) is 0 Å². The van der Waals surface area contributed by atoms with Crippen molar-refractivity contribution in [1.82, 2.24) is 10.2 Å². The molecular weight excluding hydrogens is 272 g/mol. The molecule has 1 N–H and O–H groups in total. The normalized spacial score (nSPS) is 10.0. The fraction of sp³-hybridized carbons (Fsp3) is 0.0833. The van der Waals surface area contributed by atoms with E-state index in [9.17, 15) is 4.79 Å². The van der Waals surface area contributed by atoms with Crippen LogP contribution in [0, 0.1) is 0 Å². The Morgan fingerprint density at radius 3 is 2.58 bits per heavy atom. The van der Waals surface area contributed by atoms with Crippen molar-refractivity contribution in [3.05, 3.63) is 41.0 Å². The number of benzene rings is 1. The Morgan fingerprint density at radius 2 is 2.00 bits per heavy atom. The first-order valence-corrected chi connectivity index (χ1v) is 5.56. The number of carboxylic acids is 1. The number of nitrogens with zero attached hydrogens (tertiary/aromatic N) is 2. The summed E-state index contributed by atoms with van der Waals surface area (Å²) in [7, 11) is 1.45. The molecule has 1 aromatic heterocycles. The van der Waals surface area contributed by atoms with Gasteiger partial charge in [-0.25, -0.2) is 4.79 Å². The number of methoxy groups -OCH3 is 1. The van der Waals surface area contributed by atoms with Gasteiger partial charge < -0.3 is 14.6 Å². The van der Waals surface area contributed by atoms with Gasteiger partial charge in [0.2, 0.25) is 5.88 Å². The molecule has 19 heavy (non-hydrogen) atoms. The SMILES string of the molecule is COc1ccc(C(=O)O)cc1Oc1ccc(Cl)nn1. The third-order valence-electron chi connectivity index (χ3n) is 2.23. The zero-order valence-electron chi connectivity index (χ0n) is 9.83. The third kappa shape index (κ3) is 3.11. The zero-order valence-corrected chi connectivity index (χ0v) is 10.6. The van der Waals surface area contributed by atoms with Crippen molar-refractivity contribution >= 4 is 17.6 Å². The molecule has 7 heteroatoms. The van der Waals surface area contributed by atoms with Crippen molar-refractivity contribution in [1.29, 1.82) is 0 Å². The lowest BCUT2D eigenvalue weighted by molar-refractivity contribution is 0.0696. The van der Waals surface area contributed by atoms with E-state index in [0.29, 0.717) is 5.75 Å². The van der Waals surface area contributed by atoms with Crippen molar-refractivity contribution < 1.29 is 19.4 Å². The van der Waals surface area contributed by atoms with Crippen LogP contribution in [0.15, 0.2) is 30.3 Å². The molecule has 0 radical (unpaired) electrons. The molecule has 0 amide bonds. The maximum Gasteiger partial charge on any atom is 0.335 e. The monoisotopic (exact) mass is 280 g/mol. The Balaban J connectivity index is 2.34. The molecule has 0 atom stereocenters. The van der Waals surface area contributed by atoms with E-state index >= 15 is 0 Å². The highest BCUT2D eigenvalue weighted by molar-refractivity contribution is 6.29. The van der Waals surface area contributed by atoms with Crippen LogP contribution in [0.5, 0.6) is 17.4 Å². The molecule has 0 unspecified atom stereocenters. The van der Waals surface area contributed by atoms with E-state index in [0.717, 1.165) is 0 Å². The molecule has 1 heterocycles. The molecule has 98 valence electrons. The number of aromatic nitrogens is 2. The quantitative estimate of drug-likeness (QED) is 0.927. The Kier molecular flexibility index (Phi) is 3.82. The lowest BCUT2D eigenvalue weighted by Gasteiger charge is -2.09. The maximum atomic E-state index is 10.9. The Hall–Kier alpha value is -2.34. The topological polar surface area (TPSA) is 81.5 Å². The van der Waals surface area contributed by atoms with E-state index in [1.54, 1.807) is 0 Å². The van der Waals surface area contributed by atoms with Gasteiger partial charge in [0.15, 0.2) is 16.7 Å². The molecule has 6 nitrogen and oxygen atoms in total. The standard InChI is InChI=1S/C12H9ClN2O4/c1-18-8-3-2-7(12(16)17)6-9(8)19-11-5-4-10(13)14-15-11/h2-6H,1H3,(H,16,17). The average molecular weight is 281 g/mol. The number of ether oxygens (including phenoxy) is 2. The number of hydrogen-bond acceptors (Lipinski definition) is 5. The molecule has 0 saturated heterocycles. The minimum atomic E-state index is -1.06. The first-order valence-electron chi connectivity index (χ1n) is 5.18. The highest BCUT2D eigenvalue weighted by Crippen LogP contribution is 2.31. The van der Waals surface area contributed by atoms with E-state index in [1.807, 2.05) is 0 Å². The summed E-state index contributed by atoms with van der Waals surface area (Å²) in [5.41, 5.74) is 0.0812. The highest BCUT2D eigenvalue weighted by atomic mass is 35.5. The molecule has 0 aliphatic heterocycles. The number of halogens is 1. The molecule has 2 rings (SSSR count). The molecule has 0 aliphatic carbocycles. The maximum absolute atomic E-state index is 10.9. The highest BCUT2D eigenvalue weighted by Gasteiger charge is 2.11. The van der Waals surface area contributed by atoms with Crippen LogP contribution in [-0.2, 0) is 0 Å². The Bertz CT molecular complexity index is 601. The van der Waals surface area contributed by atoms with Gasteiger partial charge in [-0.1, -0.05) is 11.6 Å². The second-order valence-corrected chi connectivity index (χ2v) is 3.85. The van der Waals surface area contributed by atoms with Gasteiger partial charge in [-0.2, -0.15) is 0 Å². The van der Waals surface area contributed by atoms with Crippen LogP contribution in [0.1, 0.15) is 10.4 Å². The summed E-state index contributed by atoms with van der Waals surface area (Å²) in [4.78, 5) is 10.9. The van der Waals surface area contributed by atoms with E-state index < -0.39 is 5.97 Å². The summed E-state index contributed by atoms with van der Waals surface area (Å²) >= 11 is 5.61. The number of rotatable bonds is 4. The molecule has 1 aromatic carbocycles. The van der Waals surface area contributed by atoms with Crippen LogP contribution in [-0.4, -0.2) is 28.4 Å². The molecular formula is C12H9ClN2O4. The summed E-state index contributed by atoms with van der Waals surface area (Å²) in [6, 6.07) is 7.29. The van der Waals surface area contributed by atoms with E-state index in [4.69, 9.17) is 26.2 Å². The van der Waals surface area contributed by atoms with Gasteiger partial charge in [-0.3, -0.25) is 0 Å². The van der Waals surface area contributed by atoms with Gasteiger partial charge in [0.1, 0.15) is 0 Å². The third-order valence-corrected chi connectivity index (χ3v) is 2.43. The first kappa shape index (κ1) is 13.1. The molecule has 0 spiro atoms. The van der Waals surface area contributed by atoms with Crippen LogP contribution in [0.3, 0.4) is 0 Å². The minimum Gasteiger partial charge on any atom is -0.493 e. The molecule has 2 aromatic rings. The van der Waals surface area contributed by atoms with Crippen molar-refractivity contribution in [3.8, 4) is 17.4 Å². The number of hydrogen-bond donors (Lipinski definition) is 1. The summed E-state index contributed by atoms with van der Waals surface area (Å²) < 4.78 is 10.5. The summed E-state index contributed by atoms with van der Waals surface area (Å²) in [5, 5.41) is 16.5. The van der Waals surface area contributed by atoms with Crippen molar-refractivity contribution in [3.63, 3.8) is 0 Å². The second-order valence-electron chi connectivity index (χ2n) is 3.47. The smallest absolute Gasteiger partial charge is 0.335 e. The zero-order chi connectivity index (χ0) is 13.8. The number of aromatic carboxylic acids is 1. The molecule has 0 bridgehead atoms. The van der Waals surface area contributed by atoms with Gasteiger partial charge in [-0.05, 0) is 24.3 Å².